The summed E-state index contributed by atoms with van der Waals surface area (Å²) in [6.45, 7) is 0. The van der Waals surface area contributed by atoms with Crippen molar-refractivity contribution in [1.82, 2.24) is 0 Å². The molecule has 0 fully saturated rings. The quantitative estimate of drug-likeness (QED) is 0.562. The third-order valence-corrected chi connectivity index (χ3v) is 2.24. The van der Waals surface area contributed by atoms with Crippen LogP contribution < -0.4 is 5.73 Å². The Hall–Kier alpha value is -0.250. The molecule has 0 aliphatic rings. The first-order valence-corrected chi connectivity index (χ1v) is 4.51. The van der Waals surface area contributed by atoms with Gasteiger partial charge in [-0.05, 0) is 24.3 Å². The van der Waals surface area contributed by atoms with E-state index in [1.165, 1.54) is 11.8 Å². The van der Waals surface area contributed by atoms with Gasteiger partial charge < -0.3 is 5.73 Å². The summed E-state index contributed by atoms with van der Waals surface area (Å²) in [5, 5.41) is 0.720. The van der Waals surface area contributed by atoms with E-state index in [2.05, 4.69) is 0 Å². The van der Waals surface area contributed by atoms with Gasteiger partial charge in [0.25, 0.3) is 0 Å². The smallest absolute Gasteiger partial charge is 0.135 e. The Morgan fingerprint density at radius 1 is 1.36 bits per heavy atom. The highest BCUT2D eigenvalue weighted by atomic mass is 35.5. The summed E-state index contributed by atoms with van der Waals surface area (Å²) in [7, 11) is 0. The number of benzene rings is 1. The minimum Gasteiger partial charge on any atom is -0.384 e. The second-order valence-electron chi connectivity index (χ2n) is 1.88. The van der Waals surface area contributed by atoms with Crippen LogP contribution in [0.15, 0.2) is 29.2 Å². The molecule has 2 N–H and O–H groups in total. The molecule has 0 bridgehead atoms. The molecule has 1 rings (SSSR count). The molecule has 0 unspecified atom stereocenters. The van der Waals surface area contributed by atoms with Gasteiger partial charge in [0.05, 0.1) is 0 Å². The van der Waals surface area contributed by atoms with Crippen LogP contribution in [0.1, 0.15) is 0 Å². The number of rotatable bonds is 1. The molecule has 1 aromatic carbocycles. The Labute approximate surface area is 79.9 Å². The van der Waals surface area contributed by atoms with E-state index in [-0.39, 0.29) is 0 Å². The SMILES string of the molecule is NC(=S)Sc1ccc(Cl)cc1. The van der Waals surface area contributed by atoms with E-state index in [0.717, 1.165) is 9.92 Å². The number of hydrogen-bond acceptors (Lipinski definition) is 2. The third-order valence-electron chi connectivity index (χ3n) is 1.03. The van der Waals surface area contributed by atoms with Gasteiger partial charge in [0.1, 0.15) is 4.32 Å². The summed E-state index contributed by atoms with van der Waals surface area (Å²) >= 11 is 11.8. The Kier molecular flexibility index (Phi) is 3.17. The van der Waals surface area contributed by atoms with Crippen molar-refractivity contribution in [3.63, 3.8) is 0 Å². The molecule has 1 nitrogen and oxygen atoms in total. The highest BCUT2D eigenvalue weighted by molar-refractivity contribution is 8.22. The van der Waals surface area contributed by atoms with Crippen LogP contribution in [-0.4, -0.2) is 4.32 Å². The number of hydrogen-bond donors (Lipinski definition) is 1. The van der Waals surface area contributed by atoms with Crippen LogP contribution in [0.2, 0.25) is 5.02 Å². The van der Waals surface area contributed by atoms with Crippen molar-refractivity contribution in [2.75, 3.05) is 0 Å². The molecule has 0 atom stereocenters. The Bertz CT molecular complexity index is 258. The van der Waals surface area contributed by atoms with Crippen molar-refractivity contribution in [1.29, 1.82) is 0 Å². The van der Waals surface area contributed by atoms with Gasteiger partial charge in [-0.3, -0.25) is 0 Å². The maximum Gasteiger partial charge on any atom is 0.135 e. The molecule has 0 aliphatic heterocycles. The van der Waals surface area contributed by atoms with Crippen molar-refractivity contribution < 1.29 is 0 Å². The van der Waals surface area contributed by atoms with Gasteiger partial charge in [-0.1, -0.05) is 35.6 Å². The summed E-state index contributed by atoms with van der Waals surface area (Å²) in [4.78, 5) is 1.02. The van der Waals surface area contributed by atoms with Gasteiger partial charge in [-0.15, -0.1) is 0 Å². The number of nitrogens with two attached hydrogens (primary N) is 1. The maximum absolute atomic E-state index is 5.67. The fourth-order valence-corrected chi connectivity index (χ4v) is 1.54. The Balaban J connectivity index is 2.74. The molecule has 4 heteroatoms. The van der Waals surface area contributed by atoms with Gasteiger partial charge >= 0.3 is 0 Å². The predicted octanol–water partition coefficient (Wildman–Crippen LogP) is 2.68. The standard InChI is InChI=1S/C7H6ClNS2/c8-5-1-3-6(4-2-5)11-7(9)10/h1-4H,(H2,9,10). The molecule has 58 valence electrons. The van der Waals surface area contributed by atoms with Crippen LogP contribution in [0.4, 0.5) is 0 Å². The maximum atomic E-state index is 5.67. The first-order valence-electron chi connectivity index (χ1n) is 2.91. The molecule has 0 aliphatic carbocycles. The Morgan fingerprint density at radius 3 is 2.36 bits per heavy atom. The van der Waals surface area contributed by atoms with E-state index in [4.69, 9.17) is 29.6 Å². The highest BCUT2D eigenvalue weighted by Gasteiger charge is 1.94. The van der Waals surface area contributed by atoms with E-state index in [9.17, 15) is 0 Å². The first-order chi connectivity index (χ1) is 5.18. The minimum absolute atomic E-state index is 0.423. The van der Waals surface area contributed by atoms with E-state index in [1.54, 1.807) is 0 Å². The van der Waals surface area contributed by atoms with Crippen LogP contribution in [-0.2, 0) is 0 Å². The lowest BCUT2D eigenvalue weighted by atomic mass is 10.4. The van der Waals surface area contributed by atoms with Crippen LogP contribution in [0.5, 0.6) is 0 Å². The summed E-state index contributed by atoms with van der Waals surface area (Å²) < 4.78 is 0.423. The van der Waals surface area contributed by atoms with Crippen LogP contribution in [0.25, 0.3) is 0 Å². The van der Waals surface area contributed by atoms with Gasteiger partial charge in [-0.2, -0.15) is 0 Å². The van der Waals surface area contributed by atoms with E-state index >= 15 is 0 Å². The van der Waals surface area contributed by atoms with Crippen LogP contribution in [0, 0.1) is 0 Å². The highest BCUT2D eigenvalue weighted by Crippen LogP contribution is 2.19. The Morgan fingerprint density at radius 2 is 1.91 bits per heavy atom. The van der Waals surface area contributed by atoms with E-state index in [0.29, 0.717) is 4.32 Å². The van der Waals surface area contributed by atoms with Gasteiger partial charge in [-0.25, -0.2) is 0 Å². The van der Waals surface area contributed by atoms with Crippen molar-refractivity contribution in [3.8, 4) is 0 Å². The van der Waals surface area contributed by atoms with E-state index in [1.807, 2.05) is 24.3 Å². The fourth-order valence-electron chi connectivity index (χ4n) is 0.619. The normalized spacial score (nSPS) is 9.55. The number of thioether (sulfide) groups is 1. The summed E-state index contributed by atoms with van der Waals surface area (Å²) in [5.41, 5.74) is 5.32. The fraction of sp³-hybridized carbons (Fsp3) is 0. The van der Waals surface area contributed by atoms with Crippen LogP contribution >= 0.6 is 35.6 Å². The largest absolute Gasteiger partial charge is 0.384 e. The van der Waals surface area contributed by atoms with Crippen molar-refractivity contribution in [2.45, 2.75) is 4.90 Å². The average Bonchev–Trinajstić information content (AvgIpc) is 1.93. The zero-order chi connectivity index (χ0) is 8.27. The topological polar surface area (TPSA) is 26.0 Å². The second-order valence-corrected chi connectivity index (χ2v) is 4.13. The lowest BCUT2D eigenvalue weighted by Crippen LogP contribution is -2.00. The van der Waals surface area contributed by atoms with Gasteiger partial charge in [0.2, 0.25) is 0 Å². The number of halogens is 1. The molecule has 0 heterocycles. The lowest BCUT2D eigenvalue weighted by molar-refractivity contribution is 1.47. The van der Waals surface area contributed by atoms with Gasteiger partial charge in [0.15, 0.2) is 0 Å². The van der Waals surface area contributed by atoms with Crippen molar-refractivity contribution in [2.24, 2.45) is 5.73 Å². The number of thiocarbonyl (C=S) groups is 1. The third kappa shape index (κ3) is 3.10. The lowest BCUT2D eigenvalue weighted by Gasteiger charge is -1.97. The zero-order valence-electron chi connectivity index (χ0n) is 5.58. The molecule has 11 heavy (non-hydrogen) atoms. The zero-order valence-corrected chi connectivity index (χ0v) is 7.97. The van der Waals surface area contributed by atoms with Crippen molar-refractivity contribution in [3.05, 3.63) is 29.3 Å². The molecule has 0 radical (unpaired) electrons. The summed E-state index contributed by atoms with van der Waals surface area (Å²) in [6, 6.07) is 7.38. The van der Waals surface area contributed by atoms with Crippen LogP contribution in [0.3, 0.4) is 0 Å². The van der Waals surface area contributed by atoms with Crippen molar-refractivity contribution >= 4 is 39.9 Å². The summed E-state index contributed by atoms with van der Waals surface area (Å²) in [6.07, 6.45) is 0. The van der Waals surface area contributed by atoms with E-state index < -0.39 is 0 Å². The molecule has 0 spiro atoms. The molecule has 0 saturated heterocycles. The second kappa shape index (κ2) is 3.95. The molecule has 0 amide bonds. The summed E-state index contributed by atoms with van der Waals surface area (Å²) in [5.74, 6) is 0. The molecule has 0 saturated carbocycles. The molecular formula is C7H6ClNS2. The average molecular weight is 204 g/mol. The molecular weight excluding hydrogens is 198 g/mol. The first kappa shape index (κ1) is 8.84. The predicted molar refractivity (Wildman–Crippen MR) is 54.1 cm³/mol. The molecule has 1 aromatic rings. The monoisotopic (exact) mass is 203 g/mol. The van der Waals surface area contributed by atoms with Gasteiger partial charge in [0, 0.05) is 9.92 Å². The molecule has 0 aromatic heterocycles. The minimum atomic E-state index is 0.423.